The van der Waals surface area contributed by atoms with Gasteiger partial charge in [0.1, 0.15) is 5.56 Å². The summed E-state index contributed by atoms with van der Waals surface area (Å²) in [5.41, 5.74) is 0.784. The number of rotatable bonds is 6. The highest BCUT2D eigenvalue weighted by Crippen LogP contribution is 2.18. The highest BCUT2D eigenvalue weighted by Gasteiger charge is 2.24. The Morgan fingerprint density at radius 2 is 2.03 bits per heavy atom. The number of aromatic amines is 1. The van der Waals surface area contributed by atoms with Crippen LogP contribution in [0.4, 0.5) is 0 Å². The van der Waals surface area contributed by atoms with Gasteiger partial charge < -0.3 is 10.3 Å². The maximum atomic E-state index is 12.5. The van der Waals surface area contributed by atoms with Crippen molar-refractivity contribution in [1.82, 2.24) is 29.5 Å². The van der Waals surface area contributed by atoms with E-state index in [1.165, 1.54) is 7.05 Å². The number of carbonyl (C=O) groups is 1. The molecule has 0 radical (unpaired) electrons. The predicted molar refractivity (Wildman–Crippen MR) is 114 cm³/mol. The summed E-state index contributed by atoms with van der Waals surface area (Å²) in [5, 5.41) is 7.37. The molecule has 1 aliphatic carbocycles. The van der Waals surface area contributed by atoms with Gasteiger partial charge in [0.2, 0.25) is 0 Å². The van der Waals surface area contributed by atoms with E-state index in [0.717, 1.165) is 67.1 Å². The summed E-state index contributed by atoms with van der Waals surface area (Å²) in [6.07, 6.45) is 7.13. The number of fused-ring (bicyclic) bond motifs is 1. The lowest BCUT2D eigenvalue weighted by atomic mass is 10.0. The van der Waals surface area contributed by atoms with Crippen molar-refractivity contribution in [3.05, 3.63) is 60.3 Å². The summed E-state index contributed by atoms with van der Waals surface area (Å²) in [6.45, 7) is 2.47. The first-order valence-corrected chi connectivity index (χ1v) is 10.8. The van der Waals surface area contributed by atoms with E-state index in [0.29, 0.717) is 19.6 Å². The minimum atomic E-state index is -0.621. The van der Waals surface area contributed by atoms with Crippen LogP contribution in [-0.2, 0) is 26.4 Å². The second-order valence-electron chi connectivity index (χ2n) is 8.30. The molecule has 10 nitrogen and oxygen atoms in total. The van der Waals surface area contributed by atoms with Crippen LogP contribution in [-0.4, -0.2) is 55.8 Å². The fourth-order valence-electron chi connectivity index (χ4n) is 4.44. The van der Waals surface area contributed by atoms with E-state index in [1.54, 1.807) is 10.7 Å². The number of likely N-dealkylation sites (tertiary alicyclic amines) is 1. The standard InChI is InChI=1S/C21H28N6O4/c1-25-20(30)16(13-23-21(25)31)19(29)22-12-15-6-2-3-8-26(15)9-10-27-18(28)11-14-5-4-7-17(14)24-27/h11,13,15H,2-10,12H2,1H3,(H,22,29)(H,23,31). The number of hydrogen-bond acceptors (Lipinski definition) is 6. The number of nitrogens with zero attached hydrogens (tertiary/aromatic N) is 4. The van der Waals surface area contributed by atoms with Crippen LogP contribution in [0.5, 0.6) is 0 Å². The quantitative estimate of drug-likeness (QED) is 0.634. The SMILES string of the molecule is Cn1c(=O)[nH]cc(C(=O)NCC2CCCCN2CCn2nc3c(cc2=O)CCC3)c1=O. The van der Waals surface area contributed by atoms with Crippen LogP contribution in [0.1, 0.15) is 47.3 Å². The molecule has 2 aromatic rings. The number of amides is 1. The topological polar surface area (TPSA) is 122 Å². The molecule has 0 aromatic carbocycles. The van der Waals surface area contributed by atoms with Crippen LogP contribution in [0.15, 0.2) is 26.6 Å². The van der Waals surface area contributed by atoms with Crippen LogP contribution in [0.25, 0.3) is 0 Å². The molecule has 1 saturated heterocycles. The van der Waals surface area contributed by atoms with E-state index in [1.807, 2.05) is 0 Å². The van der Waals surface area contributed by atoms with Crippen molar-refractivity contribution in [2.45, 2.75) is 51.1 Å². The molecule has 1 aliphatic heterocycles. The second kappa shape index (κ2) is 9.01. The van der Waals surface area contributed by atoms with E-state index in [4.69, 9.17) is 0 Å². The zero-order valence-electron chi connectivity index (χ0n) is 17.7. The third-order valence-electron chi connectivity index (χ3n) is 6.29. The number of aromatic nitrogens is 4. The van der Waals surface area contributed by atoms with E-state index in [2.05, 4.69) is 20.3 Å². The van der Waals surface area contributed by atoms with Gasteiger partial charge in [0.25, 0.3) is 17.0 Å². The zero-order valence-corrected chi connectivity index (χ0v) is 17.7. The maximum Gasteiger partial charge on any atom is 0.328 e. The van der Waals surface area contributed by atoms with Gasteiger partial charge in [-0.3, -0.25) is 23.9 Å². The number of piperidine rings is 1. The Hall–Kier alpha value is -3.01. The second-order valence-corrected chi connectivity index (χ2v) is 8.30. The van der Waals surface area contributed by atoms with Crippen molar-refractivity contribution >= 4 is 5.91 Å². The van der Waals surface area contributed by atoms with E-state index in [-0.39, 0.29) is 17.2 Å². The molecule has 0 saturated carbocycles. The van der Waals surface area contributed by atoms with Gasteiger partial charge >= 0.3 is 5.69 Å². The highest BCUT2D eigenvalue weighted by molar-refractivity contribution is 5.93. The number of hydrogen-bond donors (Lipinski definition) is 2. The van der Waals surface area contributed by atoms with Gasteiger partial charge in [-0.2, -0.15) is 5.10 Å². The molecule has 4 rings (SSSR count). The van der Waals surface area contributed by atoms with Gasteiger partial charge in [0, 0.05) is 38.4 Å². The van der Waals surface area contributed by atoms with Crippen molar-refractivity contribution < 1.29 is 4.79 Å². The van der Waals surface area contributed by atoms with Crippen molar-refractivity contribution in [3.8, 4) is 0 Å². The zero-order chi connectivity index (χ0) is 22.0. The molecular weight excluding hydrogens is 400 g/mol. The van der Waals surface area contributed by atoms with Gasteiger partial charge in [-0.25, -0.2) is 9.48 Å². The van der Waals surface area contributed by atoms with E-state index in [9.17, 15) is 19.2 Å². The van der Waals surface area contributed by atoms with Crippen LogP contribution in [0.3, 0.4) is 0 Å². The summed E-state index contributed by atoms with van der Waals surface area (Å²) >= 11 is 0. The monoisotopic (exact) mass is 428 g/mol. The maximum absolute atomic E-state index is 12.5. The van der Waals surface area contributed by atoms with Crippen LogP contribution in [0, 0.1) is 0 Å². The molecule has 0 spiro atoms. The molecule has 10 heteroatoms. The first-order valence-electron chi connectivity index (χ1n) is 10.8. The number of aryl methyl sites for hydroxylation is 2. The lowest BCUT2D eigenvalue weighted by Crippen LogP contribution is -2.49. The third kappa shape index (κ3) is 4.53. The summed E-state index contributed by atoms with van der Waals surface area (Å²) < 4.78 is 2.43. The van der Waals surface area contributed by atoms with Crippen molar-refractivity contribution in [2.24, 2.45) is 7.05 Å². The fraction of sp³-hybridized carbons (Fsp3) is 0.571. The Morgan fingerprint density at radius 1 is 1.19 bits per heavy atom. The van der Waals surface area contributed by atoms with Crippen molar-refractivity contribution in [2.75, 3.05) is 19.6 Å². The minimum Gasteiger partial charge on any atom is -0.350 e. The van der Waals surface area contributed by atoms with Crippen LogP contribution < -0.4 is 22.1 Å². The average Bonchev–Trinajstić information content (AvgIpc) is 3.22. The first kappa shape index (κ1) is 21.2. The largest absolute Gasteiger partial charge is 0.350 e. The first-order chi connectivity index (χ1) is 14.9. The molecule has 2 aromatic heterocycles. The lowest BCUT2D eigenvalue weighted by Gasteiger charge is -2.35. The molecule has 1 fully saturated rings. The molecule has 1 atom stereocenters. The summed E-state index contributed by atoms with van der Waals surface area (Å²) in [7, 11) is 1.33. The Labute approximate surface area is 178 Å². The average molecular weight is 428 g/mol. The molecular formula is C21H28N6O4. The summed E-state index contributed by atoms with van der Waals surface area (Å²) in [5.74, 6) is -0.501. The summed E-state index contributed by atoms with van der Waals surface area (Å²) in [6, 6.07) is 1.84. The highest BCUT2D eigenvalue weighted by atomic mass is 16.2. The fourth-order valence-corrected chi connectivity index (χ4v) is 4.44. The molecule has 2 aliphatic rings. The predicted octanol–water partition coefficient (Wildman–Crippen LogP) is -0.596. The van der Waals surface area contributed by atoms with E-state index >= 15 is 0 Å². The minimum absolute atomic E-state index is 0.0589. The molecule has 31 heavy (non-hydrogen) atoms. The van der Waals surface area contributed by atoms with Gasteiger partial charge in [-0.1, -0.05) is 6.42 Å². The van der Waals surface area contributed by atoms with Crippen molar-refractivity contribution in [1.29, 1.82) is 0 Å². The number of nitrogens with one attached hydrogen (secondary N) is 2. The molecule has 166 valence electrons. The normalized spacial score (nSPS) is 18.7. The number of H-pyrrole nitrogens is 1. The van der Waals surface area contributed by atoms with Gasteiger partial charge in [-0.05, 0) is 44.2 Å². The van der Waals surface area contributed by atoms with Crippen LogP contribution >= 0.6 is 0 Å². The van der Waals surface area contributed by atoms with Crippen LogP contribution in [0.2, 0.25) is 0 Å². The van der Waals surface area contributed by atoms with E-state index < -0.39 is 17.2 Å². The lowest BCUT2D eigenvalue weighted by molar-refractivity contribution is 0.0906. The molecule has 1 unspecified atom stereocenters. The molecule has 2 N–H and O–H groups in total. The third-order valence-corrected chi connectivity index (χ3v) is 6.29. The smallest absolute Gasteiger partial charge is 0.328 e. The molecule has 3 heterocycles. The van der Waals surface area contributed by atoms with Gasteiger partial charge in [0.15, 0.2) is 0 Å². The molecule has 0 bridgehead atoms. The van der Waals surface area contributed by atoms with Gasteiger partial charge in [-0.15, -0.1) is 0 Å². The summed E-state index contributed by atoms with van der Waals surface area (Å²) in [4.78, 5) is 53.1. The Balaban J connectivity index is 1.39. The Kier molecular flexibility index (Phi) is 6.17. The number of carbonyl (C=O) groups excluding carboxylic acids is 1. The Morgan fingerprint density at radius 3 is 2.87 bits per heavy atom. The Bertz CT molecular complexity index is 1150. The van der Waals surface area contributed by atoms with Gasteiger partial charge in [0.05, 0.1) is 12.2 Å². The van der Waals surface area contributed by atoms with Crippen molar-refractivity contribution in [3.63, 3.8) is 0 Å². The molecule has 1 amide bonds.